The number of halogens is 2. The van der Waals surface area contributed by atoms with E-state index in [1.165, 1.54) is 12.5 Å². The van der Waals surface area contributed by atoms with Gasteiger partial charge in [-0.2, -0.15) is 0 Å². The lowest BCUT2D eigenvalue weighted by molar-refractivity contribution is 0.188. The molecule has 0 aromatic carbocycles. The highest BCUT2D eigenvalue weighted by atomic mass is 79.9. The number of hydrogen-bond donors (Lipinski definition) is 1. The fourth-order valence-electron chi connectivity index (χ4n) is 1.24. The smallest absolute Gasteiger partial charge is 0.150 e. The minimum atomic E-state index is -0.838. The summed E-state index contributed by atoms with van der Waals surface area (Å²) < 4.78 is 5.88. The van der Waals surface area contributed by atoms with Gasteiger partial charge in [0, 0.05) is 6.20 Å². The van der Waals surface area contributed by atoms with E-state index in [0.29, 0.717) is 16.5 Å². The van der Waals surface area contributed by atoms with E-state index in [-0.39, 0.29) is 0 Å². The highest BCUT2D eigenvalue weighted by molar-refractivity contribution is 9.10. The number of rotatable bonds is 2. The summed E-state index contributed by atoms with van der Waals surface area (Å²) in [5.41, 5.74) is 0.644. The van der Waals surface area contributed by atoms with Gasteiger partial charge in [-0.05, 0) is 39.7 Å². The topological polar surface area (TPSA) is 46.3 Å². The Bertz CT molecular complexity index is 472. The number of hydrogen-bond acceptors (Lipinski definition) is 3. The van der Waals surface area contributed by atoms with Crippen molar-refractivity contribution in [3.63, 3.8) is 0 Å². The van der Waals surface area contributed by atoms with E-state index in [1.54, 1.807) is 18.2 Å². The summed E-state index contributed by atoms with van der Waals surface area (Å²) in [6.07, 6.45) is 2.21. The first-order valence-corrected chi connectivity index (χ1v) is 5.38. The van der Waals surface area contributed by atoms with Crippen LogP contribution in [0.2, 0.25) is 5.15 Å². The number of aliphatic hydroxyl groups is 1. The largest absolute Gasteiger partial charge is 0.465 e. The van der Waals surface area contributed by atoms with Gasteiger partial charge in [0.1, 0.15) is 11.3 Å². The zero-order valence-electron chi connectivity index (χ0n) is 7.52. The molecule has 1 unspecified atom stereocenters. The summed E-state index contributed by atoms with van der Waals surface area (Å²) in [6.45, 7) is 0. The molecule has 0 amide bonds. The maximum absolute atomic E-state index is 9.98. The van der Waals surface area contributed by atoms with Crippen LogP contribution < -0.4 is 0 Å². The molecule has 1 atom stereocenters. The molecule has 0 aliphatic carbocycles. The third kappa shape index (κ3) is 2.22. The zero-order valence-corrected chi connectivity index (χ0v) is 9.86. The van der Waals surface area contributed by atoms with Crippen molar-refractivity contribution in [2.45, 2.75) is 6.10 Å². The molecule has 0 radical (unpaired) electrons. The van der Waals surface area contributed by atoms with E-state index in [2.05, 4.69) is 20.9 Å². The Morgan fingerprint density at radius 3 is 2.87 bits per heavy atom. The van der Waals surface area contributed by atoms with E-state index in [4.69, 9.17) is 16.0 Å². The van der Waals surface area contributed by atoms with E-state index < -0.39 is 6.10 Å². The molecule has 0 spiro atoms. The molecule has 2 rings (SSSR count). The lowest BCUT2D eigenvalue weighted by atomic mass is 10.1. The Labute approximate surface area is 99.8 Å². The van der Waals surface area contributed by atoms with Crippen LogP contribution in [0.5, 0.6) is 0 Å². The van der Waals surface area contributed by atoms with Gasteiger partial charge in [-0.15, -0.1) is 0 Å². The minimum Gasteiger partial charge on any atom is -0.465 e. The Hall–Kier alpha value is -0.840. The van der Waals surface area contributed by atoms with Gasteiger partial charge in [0.05, 0.1) is 10.7 Å². The average Bonchev–Trinajstić information content (AvgIpc) is 2.63. The van der Waals surface area contributed by atoms with Crippen LogP contribution in [0.3, 0.4) is 0 Å². The van der Waals surface area contributed by atoms with Crippen molar-refractivity contribution in [3.05, 3.63) is 51.6 Å². The number of nitrogens with zero attached hydrogens (tertiary/aromatic N) is 1. The second-order valence-electron chi connectivity index (χ2n) is 2.95. The van der Waals surface area contributed by atoms with Crippen LogP contribution in [0.4, 0.5) is 0 Å². The van der Waals surface area contributed by atoms with Gasteiger partial charge in [-0.25, -0.2) is 4.98 Å². The van der Waals surface area contributed by atoms with Crippen molar-refractivity contribution in [2.75, 3.05) is 0 Å². The number of aromatic nitrogens is 1. The van der Waals surface area contributed by atoms with E-state index >= 15 is 0 Å². The minimum absolute atomic E-state index is 0.342. The van der Waals surface area contributed by atoms with Crippen LogP contribution in [0.25, 0.3) is 0 Å². The standard InChI is InChI=1S/C10H7BrClNO2/c11-7-2-4-15-10(7)9(14)6-1-3-13-8(12)5-6/h1-5,9,14H. The summed E-state index contributed by atoms with van der Waals surface area (Å²) in [7, 11) is 0. The maximum Gasteiger partial charge on any atom is 0.150 e. The second-order valence-corrected chi connectivity index (χ2v) is 4.19. The summed E-state index contributed by atoms with van der Waals surface area (Å²) in [6, 6.07) is 5.01. The molecule has 0 saturated carbocycles. The molecule has 1 N–H and O–H groups in total. The molecule has 78 valence electrons. The van der Waals surface area contributed by atoms with Gasteiger partial charge in [-0.1, -0.05) is 11.6 Å². The predicted octanol–water partition coefficient (Wildman–Crippen LogP) is 3.17. The monoisotopic (exact) mass is 287 g/mol. The quantitative estimate of drug-likeness (QED) is 0.863. The lowest BCUT2D eigenvalue weighted by Crippen LogP contribution is -1.99. The van der Waals surface area contributed by atoms with Crippen molar-refractivity contribution in [1.82, 2.24) is 4.98 Å². The van der Waals surface area contributed by atoms with E-state index in [0.717, 1.165) is 4.47 Å². The summed E-state index contributed by atoms with van der Waals surface area (Å²) in [5.74, 6) is 0.456. The van der Waals surface area contributed by atoms with E-state index in [9.17, 15) is 5.11 Å². The Balaban J connectivity index is 2.36. The maximum atomic E-state index is 9.98. The fraction of sp³-hybridized carbons (Fsp3) is 0.100. The molecule has 0 aliphatic rings. The van der Waals surface area contributed by atoms with Gasteiger partial charge in [0.15, 0.2) is 5.76 Å². The van der Waals surface area contributed by atoms with Crippen molar-refractivity contribution in [3.8, 4) is 0 Å². The molecule has 0 saturated heterocycles. The molecular weight excluding hydrogens is 281 g/mol. The van der Waals surface area contributed by atoms with Crippen LogP contribution in [-0.4, -0.2) is 10.1 Å². The van der Waals surface area contributed by atoms with Crippen LogP contribution in [0.1, 0.15) is 17.4 Å². The van der Waals surface area contributed by atoms with Crippen LogP contribution in [0, 0.1) is 0 Å². The molecule has 3 nitrogen and oxygen atoms in total. The Kier molecular flexibility index (Phi) is 3.09. The van der Waals surface area contributed by atoms with Gasteiger partial charge in [0.25, 0.3) is 0 Å². The zero-order chi connectivity index (χ0) is 10.8. The highest BCUT2D eigenvalue weighted by Gasteiger charge is 2.17. The third-order valence-electron chi connectivity index (χ3n) is 1.96. The first-order chi connectivity index (χ1) is 7.18. The van der Waals surface area contributed by atoms with Gasteiger partial charge >= 0.3 is 0 Å². The Morgan fingerprint density at radius 1 is 1.47 bits per heavy atom. The molecule has 2 aromatic rings. The molecule has 2 heterocycles. The molecule has 15 heavy (non-hydrogen) atoms. The molecule has 0 bridgehead atoms. The van der Waals surface area contributed by atoms with Gasteiger partial charge < -0.3 is 9.52 Å². The predicted molar refractivity (Wildman–Crippen MR) is 59.7 cm³/mol. The van der Waals surface area contributed by atoms with Crippen LogP contribution in [0.15, 0.2) is 39.5 Å². The summed E-state index contributed by atoms with van der Waals surface area (Å²) in [5, 5.41) is 10.3. The van der Waals surface area contributed by atoms with Crippen molar-refractivity contribution >= 4 is 27.5 Å². The molecular formula is C10H7BrClNO2. The Morgan fingerprint density at radius 2 is 2.27 bits per heavy atom. The summed E-state index contributed by atoms with van der Waals surface area (Å²) in [4.78, 5) is 3.84. The fourth-order valence-corrected chi connectivity index (χ4v) is 1.84. The van der Waals surface area contributed by atoms with Crippen LogP contribution >= 0.6 is 27.5 Å². The first-order valence-electron chi connectivity index (χ1n) is 4.21. The molecule has 2 aromatic heterocycles. The van der Waals surface area contributed by atoms with E-state index in [1.807, 2.05) is 0 Å². The highest BCUT2D eigenvalue weighted by Crippen LogP contribution is 2.29. The van der Waals surface area contributed by atoms with Crippen molar-refractivity contribution in [2.24, 2.45) is 0 Å². The number of aliphatic hydroxyl groups excluding tert-OH is 1. The normalized spacial score (nSPS) is 12.7. The van der Waals surface area contributed by atoms with Crippen LogP contribution in [-0.2, 0) is 0 Å². The second kappa shape index (κ2) is 4.35. The average molecular weight is 289 g/mol. The molecule has 0 fully saturated rings. The third-order valence-corrected chi connectivity index (χ3v) is 2.82. The lowest BCUT2D eigenvalue weighted by Gasteiger charge is -2.08. The number of pyridine rings is 1. The SMILES string of the molecule is OC(c1ccnc(Cl)c1)c1occc1Br. The van der Waals surface area contributed by atoms with Gasteiger partial charge in [-0.3, -0.25) is 0 Å². The molecule has 0 aliphatic heterocycles. The van der Waals surface area contributed by atoms with Gasteiger partial charge in [0.2, 0.25) is 0 Å². The first kappa shape index (κ1) is 10.7. The van der Waals surface area contributed by atoms with Crippen molar-refractivity contribution in [1.29, 1.82) is 0 Å². The van der Waals surface area contributed by atoms with Crippen molar-refractivity contribution < 1.29 is 9.52 Å². The summed E-state index contributed by atoms with van der Waals surface area (Å²) >= 11 is 9.01. The molecule has 5 heteroatoms. The number of furan rings is 1.